The highest BCUT2D eigenvalue weighted by Crippen LogP contribution is 2.48. The van der Waals surface area contributed by atoms with Crippen LogP contribution in [0.25, 0.3) is 0 Å². The quantitative estimate of drug-likeness (QED) is 0.615. The van der Waals surface area contributed by atoms with Gasteiger partial charge < -0.3 is 5.32 Å². The molecule has 1 N–H and O–H groups in total. The van der Waals surface area contributed by atoms with Crippen LogP contribution in [0, 0.1) is 23.4 Å². The number of hydrogen-bond donors (Lipinski definition) is 1. The van der Waals surface area contributed by atoms with Crippen molar-refractivity contribution in [2.45, 2.75) is 18.5 Å². The smallest absolute Gasteiger partial charge is 0.323 e. The first-order valence-corrected chi connectivity index (χ1v) is 7.30. The Morgan fingerprint density at radius 2 is 1.60 bits per heavy atom. The maximum atomic E-state index is 13.5. The van der Waals surface area contributed by atoms with Gasteiger partial charge in [0.1, 0.15) is 0 Å². The van der Waals surface area contributed by atoms with Gasteiger partial charge in [0.05, 0.1) is 11.3 Å². The van der Waals surface area contributed by atoms with Crippen molar-refractivity contribution >= 4 is 11.6 Å². The zero-order chi connectivity index (χ0) is 18.4. The van der Waals surface area contributed by atoms with Crippen molar-refractivity contribution in [1.82, 2.24) is 0 Å². The lowest BCUT2D eigenvalue weighted by Gasteiger charge is -2.08. The van der Waals surface area contributed by atoms with Gasteiger partial charge in [-0.3, -0.25) is 4.79 Å². The SMILES string of the molecule is O=C(Nc1ccc(F)c(F)c1F)C1CC1c1ccc(C(F)(F)F)cc1. The van der Waals surface area contributed by atoms with Crippen LogP contribution in [-0.2, 0) is 11.0 Å². The summed E-state index contributed by atoms with van der Waals surface area (Å²) in [6.07, 6.45) is -4.06. The molecular weight excluding hydrogens is 348 g/mol. The summed E-state index contributed by atoms with van der Waals surface area (Å²) in [6.45, 7) is 0. The minimum Gasteiger partial charge on any atom is -0.323 e. The third-order valence-corrected chi connectivity index (χ3v) is 4.09. The van der Waals surface area contributed by atoms with Gasteiger partial charge in [0.2, 0.25) is 5.91 Å². The largest absolute Gasteiger partial charge is 0.416 e. The van der Waals surface area contributed by atoms with Crippen LogP contribution in [0.1, 0.15) is 23.5 Å². The molecule has 0 aromatic heterocycles. The molecule has 0 aliphatic heterocycles. The van der Waals surface area contributed by atoms with Crippen molar-refractivity contribution in [3.05, 3.63) is 65.0 Å². The van der Waals surface area contributed by atoms with Crippen molar-refractivity contribution in [3.63, 3.8) is 0 Å². The Labute approximate surface area is 138 Å². The first kappa shape index (κ1) is 17.3. The van der Waals surface area contributed by atoms with Gasteiger partial charge in [0.25, 0.3) is 0 Å². The highest BCUT2D eigenvalue weighted by Gasteiger charge is 2.44. The van der Waals surface area contributed by atoms with E-state index in [1.807, 2.05) is 0 Å². The maximum absolute atomic E-state index is 13.5. The highest BCUT2D eigenvalue weighted by atomic mass is 19.4. The van der Waals surface area contributed by atoms with Gasteiger partial charge >= 0.3 is 6.18 Å². The van der Waals surface area contributed by atoms with E-state index in [2.05, 4.69) is 5.32 Å². The summed E-state index contributed by atoms with van der Waals surface area (Å²) in [4.78, 5) is 12.1. The Morgan fingerprint density at radius 3 is 2.20 bits per heavy atom. The maximum Gasteiger partial charge on any atom is 0.416 e. The molecule has 0 saturated heterocycles. The van der Waals surface area contributed by atoms with Crippen LogP contribution < -0.4 is 5.32 Å². The Morgan fingerprint density at radius 1 is 0.960 bits per heavy atom. The zero-order valence-corrected chi connectivity index (χ0v) is 12.5. The lowest BCUT2D eigenvalue weighted by Crippen LogP contribution is -2.16. The fourth-order valence-corrected chi connectivity index (χ4v) is 2.62. The molecule has 0 radical (unpaired) electrons. The van der Waals surface area contributed by atoms with Crippen LogP contribution in [0.15, 0.2) is 36.4 Å². The topological polar surface area (TPSA) is 29.1 Å². The first-order chi connectivity index (χ1) is 11.7. The standard InChI is InChI=1S/C17H11F6NO/c18-12-5-6-13(15(20)14(12)19)24-16(25)11-7-10(11)8-1-3-9(4-2-8)17(21,22)23/h1-6,10-11H,7H2,(H,24,25). The predicted octanol–water partition coefficient (Wildman–Crippen LogP) is 4.86. The Bertz CT molecular complexity index is 815. The molecule has 132 valence electrons. The minimum atomic E-state index is -4.44. The average molecular weight is 359 g/mol. The summed E-state index contributed by atoms with van der Waals surface area (Å²) >= 11 is 0. The third-order valence-electron chi connectivity index (χ3n) is 4.09. The molecule has 1 fully saturated rings. The van der Waals surface area contributed by atoms with Crippen LogP contribution >= 0.6 is 0 Å². The number of rotatable bonds is 3. The van der Waals surface area contributed by atoms with E-state index < -0.39 is 46.7 Å². The molecule has 2 aromatic rings. The van der Waals surface area contributed by atoms with Gasteiger partial charge in [0.15, 0.2) is 17.5 Å². The molecule has 2 atom stereocenters. The molecule has 0 spiro atoms. The molecule has 1 saturated carbocycles. The van der Waals surface area contributed by atoms with Crippen LogP contribution in [0.3, 0.4) is 0 Å². The van der Waals surface area contributed by atoms with Gasteiger partial charge in [-0.15, -0.1) is 0 Å². The van der Waals surface area contributed by atoms with Crippen LogP contribution in [-0.4, -0.2) is 5.91 Å². The third kappa shape index (κ3) is 3.47. The van der Waals surface area contributed by atoms with E-state index in [1.54, 1.807) is 0 Å². The number of amides is 1. The monoisotopic (exact) mass is 359 g/mol. The summed E-state index contributed by atoms with van der Waals surface area (Å²) in [7, 11) is 0. The van der Waals surface area contributed by atoms with Crippen molar-refractivity contribution < 1.29 is 31.1 Å². The van der Waals surface area contributed by atoms with Gasteiger partial charge in [-0.2, -0.15) is 13.2 Å². The second-order valence-electron chi connectivity index (χ2n) is 5.78. The van der Waals surface area contributed by atoms with Crippen molar-refractivity contribution in [3.8, 4) is 0 Å². The van der Waals surface area contributed by atoms with Crippen molar-refractivity contribution in [2.75, 3.05) is 5.32 Å². The minimum absolute atomic E-state index is 0.296. The van der Waals surface area contributed by atoms with E-state index in [-0.39, 0.29) is 5.92 Å². The zero-order valence-electron chi connectivity index (χ0n) is 12.5. The summed E-state index contributed by atoms with van der Waals surface area (Å²) < 4.78 is 77.1. The fourth-order valence-electron chi connectivity index (χ4n) is 2.62. The Kier molecular flexibility index (Phi) is 4.22. The molecule has 3 rings (SSSR count). The molecule has 2 nitrogen and oxygen atoms in total. The number of hydrogen-bond acceptors (Lipinski definition) is 1. The normalized spacial score (nSPS) is 19.6. The first-order valence-electron chi connectivity index (χ1n) is 7.30. The van der Waals surface area contributed by atoms with Crippen molar-refractivity contribution in [1.29, 1.82) is 0 Å². The van der Waals surface area contributed by atoms with Crippen molar-refractivity contribution in [2.24, 2.45) is 5.92 Å². The molecule has 0 bridgehead atoms. The summed E-state index contributed by atoms with van der Waals surface area (Å²) in [5.41, 5.74) is -0.720. The van der Waals surface area contributed by atoms with E-state index in [4.69, 9.17) is 0 Å². The molecule has 2 unspecified atom stereocenters. The number of benzene rings is 2. The van der Waals surface area contributed by atoms with E-state index in [1.165, 1.54) is 12.1 Å². The number of carbonyl (C=O) groups excluding carboxylic acids is 1. The summed E-state index contributed by atoms with van der Waals surface area (Å²) in [5, 5.41) is 2.17. The fraction of sp³-hybridized carbons (Fsp3) is 0.235. The second kappa shape index (κ2) is 6.09. The number of anilines is 1. The summed E-state index contributed by atoms with van der Waals surface area (Å²) in [5.74, 6) is -6.02. The number of halogens is 6. The number of alkyl halides is 3. The predicted molar refractivity (Wildman–Crippen MR) is 77.2 cm³/mol. The van der Waals surface area contributed by atoms with Gasteiger partial charge in [-0.05, 0) is 42.2 Å². The van der Waals surface area contributed by atoms with E-state index in [9.17, 15) is 31.1 Å². The van der Waals surface area contributed by atoms with E-state index in [0.717, 1.165) is 18.2 Å². The lowest BCUT2D eigenvalue weighted by molar-refractivity contribution is -0.137. The lowest BCUT2D eigenvalue weighted by atomic mass is 10.1. The molecule has 8 heteroatoms. The second-order valence-corrected chi connectivity index (χ2v) is 5.78. The summed E-state index contributed by atoms with van der Waals surface area (Å²) in [6, 6.07) is 6.03. The Hall–Kier alpha value is -2.51. The van der Waals surface area contributed by atoms with Gasteiger partial charge in [-0.1, -0.05) is 12.1 Å². The molecule has 1 aliphatic carbocycles. The van der Waals surface area contributed by atoms with Gasteiger partial charge in [-0.25, -0.2) is 13.2 Å². The van der Waals surface area contributed by atoms with Crippen LogP contribution in [0.5, 0.6) is 0 Å². The number of nitrogens with one attached hydrogen (secondary N) is 1. The highest BCUT2D eigenvalue weighted by molar-refractivity contribution is 5.95. The number of carbonyl (C=O) groups is 1. The molecule has 2 aromatic carbocycles. The molecule has 1 aliphatic rings. The van der Waals surface area contributed by atoms with Crippen LogP contribution in [0.2, 0.25) is 0 Å². The molecular formula is C17H11F6NO. The average Bonchev–Trinajstić information content (AvgIpc) is 3.35. The molecule has 1 amide bonds. The van der Waals surface area contributed by atoms with Gasteiger partial charge in [0, 0.05) is 5.92 Å². The molecule has 0 heterocycles. The molecule has 25 heavy (non-hydrogen) atoms. The van der Waals surface area contributed by atoms with E-state index >= 15 is 0 Å². The van der Waals surface area contributed by atoms with E-state index in [0.29, 0.717) is 18.1 Å². The van der Waals surface area contributed by atoms with Crippen LogP contribution in [0.4, 0.5) is 32.0 Å². The Balaban J connectivity index is 1.67.